The highest BCUT2D eigenvalue weighted by Crippen LogP contribution is 2.23. The smallest absolute Gasteiger partial charge is 0.242 e. The Morgan fingerprint density at radius 3 is 2.26 bits per heavy atom. The maximum atomic E-state index is 13.8. The van der Waals surface area contributed by atoms with Crippen LogP contribution in [0.3, 0.4) is 0 Å². The van der Waals surface area contributed by atoms with Gasteiger partial charge in [-0.3, -0.25) is 13.9 Å². The molecule has 0 heterocycles. The number of nitrogens with zero attached hydrogens (tertiary/aromatic N) is 2. The van der Waals surface area contributed by atoms with E-state index >= 15 is 0 Å². The first-order valence-electron chi connectivity index (χ1n) is 12.2. The third-order valence-electron chi connectivity index (χ3n) is 6.16. The summed E-state index contributed by atoms with van der Waals surface area (Å²) in [7, 11) is -2.37. The molecule has 0 spiro atoms. The lowest BCUT2D eigenvalue weighted by atomic mass is 10.0. The van der Waals surface area contributed by atoms with Crippen LogP contribution in [0.25, 0.3) is 0 Å². The molecule has 3 aromatic rings. The standard InChI is InChI=1S/C28H30ClF2N3O4S/c1-32-28(36)26(17-20-9-4-3-5-10-20)33(19-21-11-6-7-12-23(21)29)27(35)13-8-16-34(39(2,37)38)22-14-15-24(30)25(31)18-22/h3-7,9-12,14-15,18,26H,8,13,16-17,19H2,1-2H3,(H,32,36)/t26-/m1/s1. The van der Waals surface area contributed by atoms with Crippen LogP contribution in [0.15, 0.2) is 72.8 Å². The van der Waals surface area contributed by atoms with E-state index in [-0.39, 0.29) is 43.9 Å². The number of hydrogen-bond donors (Lipinski definition) is 1. The van der Waals surface area contributed by atoms with Gasteiger partial charge in [-0.2, -0.15) is 0 Å². The third kappa shape index (κ3) is 8.24. The first-order chi connectivity index (χ1) is 18.5. The van der Waals surface area contributed by atoms with Crippen molar-refractivity contribution in [1.82, 2.24) is 10.2 Å². The molecule has 1 N–H and O–H groups in total. The molecular weight excluding hydrogens is 548 g/mol. The molecule has 1 atom stereocenters. The van der Waals surface area contributed by atoms with Crippen LogP contribution in [0.1, 0.15) is 24.0 Å². The van der Waals surface area contributed by atoms with Crippen molar-refractivity contribution in [2.45, 2.75) is 31.8 Å². The van der Waals surface area contributed by atoms with E-state index in [9.17, 15) is 26.8 Å². The zero-order valence-electron chi connectivity index (χ0n) is 21.6. The number of anilines is 1. The number of rotatable bonds is 12. The molecule has 7 nitrogen and oxygen atoms in total. The molecule has 0 unspecified atom stereocenters. The van der Waals surface area contributed by atoms with Crippen molar-refractivity contribution in [1.29, 1.82) is 0 Å². The molecule has 39 heavy (non-hydrogen) atoms. The highest BCUT2D eigenvalue weighted by atomic mass is 35.5. The first-order valence-corrected chi connectivity index (χ1v) is 14.4. The molecule has 11 heteroatoms. The molecule has 3 rings (SSSR count). The second kappa shape index (κ2) is 13.5. The second-order valence-electron chi connectivity index (χ2n) is 8.97. The minimum atomic E-state index is -3.86. The summed E-state index contributed by atoms with van der Waals surface area (Å²) in [6.45, 7) is -0.0959. The highest BCUT2D eigenvalue weighted by molar-refractivity contribution is 7.92. The van der Waals surface area contributed by atoms with E-state index in [0.29, 0.717) is 10.6 Å². The van der Waals surface area contributed by atoms with Gasteiger partial charge in [-0.1, -0.05) is 60.1 Å². The lowest BCUT2D eigenvalue weighted by molar-refractivity contribution is -0.141. The van der Waals surface area contributed by atoms with Gasteiger partial charge in [0.25, 0.3) is 0 Å². The van der Waals surface area contributed by atoms with Crippen LogP contribution >= 0.6 is 11.6 Å². The van der Waals surface area contributed by atoms with E-state index in [2.05, 4.69) is 5.32 Å². The average molecular weight is 578 g/mol. The van der Waals surface area contributed by atoms with E-state index in [1.165, 1.54) is 11.9 Å². The van der Waals surface area contributed by atoms with E-state index in [1.54, 1.807) is 24.3 Å². The van der Waals surface area contributed by atoms with Crippen molar-refractivity contribution in [3.8, 4) is 0 Å². The van der Waals surface area contributed by atoms with Crippen molar-refractivity contribution < 1.29 is 26.8 Å². The maximum Gasteiger partial charge on any atom is 0.242 e. The Bertz CT molecular complexity index is 1410. The fraction of sp³-hybridized carbons (Fsp3) is 0.286. The van der Waals surface area contributed by atoms with Crippen LogP contribution < -0.4 is 9.62 Å². The Labute approximate surface area is 232 Å². The van der Waals surface area contributed by atoms with Gasteiger partial charge in [-0.15, -0.1) is 0 Å². The average Bonchev–Trinajstić information content (AvgIpc) is 2.90. The van der Waals surface area contributed by atoms with Gasteiger partial charge >= 0.3 is 0 Å². The molecule has 0 saturated carbocycles. The predicted octanol–water partition coefficient (Wildman–Crippen LogP) is 4.55. The molecule has 2 amide bonds. The van der Waals surface area contributed by atoms with Gasteiger partial charge in [0.15, 0.2) is 11.6 Å². The number of carbonyl (C=O) groups is 2. The van der Waals surface area contributed by atoms with Crippen LogP contribution in [0.2, 0.25) is 5.02 Å². The normalized spacial score (nSPS) is 12.0. The van der Waals surface area contributed by atoms with Crippen LogP contribution in [0, 0.1) is 11.6 Å². The number of halogens is 3. The van der Waals surface area contributed by atoms with E-state index in [0.717, 1.165) is 34.3 Å². The number of nitrogens with one attached hydrogen (secondary N) is 1. The molecule has 0 aromatic heterocycles. The Morgan fingerprint density at radius 2 is 1.64 bits per heavy atom. The van der Waals surface area contributed by atoms with E-state index in [4.69, 9.17) is 11.6 Å². The Morgan fingerprint density at radius 1 is 0.974 bits per heavy atom. The van der Waals surface area contributed by atoms with Crippen LogP contribution in [0.4, 0.5) is 14.5 Å². The zero-order chi connectivity index (χ0) is 28.6. The molecule has 0 radical (unpaired) electrons. The van der Waals surface area contributed by atoms with Gasteiger partial charge in [0.05, 0.1) is 11.9 Å². The van der Waals surface area contributed by atoms with Crippen molar-refractivity contribution in [2.75, 3.05) is 24.2 Å². The molecule has 0 saturated heterocycles. The number of hydrogen-bond acceptors (Lipinski definition) is 4. The monoisotopic (exact) mass is 577 g/mol. The van der Waals surface area contributed by atoms with Crippen molar-refractivity contribution in [2.24, 2.45) is 0 Å². The number of carbonyl (C=O) groups excluding carboxylic acids is 2. The summed E-state index contributed by atoms with van der Waals surface area (Å²) in [5, 5.41) is 3.06. The highest BCUT2D eigenvalue weighted by Gasteiger charge is 2.30. The second-order valence-corrected chi connectivity index (χ2v) is 11.3. The fourth-order valence-electron chi connectivity index (χ4n) is 4.17. The summed E-state index contributed by atoms with van der Waals surface area (Å²) in [6, 6.07) is 18.2. The van der Waals surface area contributed by atoms with Crippen LogP contribution in [0.5, 0.6) is 0 Å². The van der Waals surface area contributed by atoms with Crippen LogP contribution in [-0.2, 0) is 32.6 Å². The molecule has 0 fully saturated rings. The van der Waals surface area contributed by atoms with Gasteiger partial charge < -0.3 is 10.2 Å². The SMILES string of the molecule is CNC(=O)[C@@H](Cc1ccccc1)N(Cc1ccccc1Cl)C(=O)CCCN(c1ccc(F)c(F)c1)S(C)(=O)=O. The number of benzene rings is 3. The minimum Gasteiger partial charge on any atom is -0.357 e. The van der Waals surface area contributed by atoms with Gasteiger partial charge in [0.2, 0.25) is 21.8 Å². The summed E-state index contributed by atoms with van der Waals surface area (Å²) in [5.74, 6) is -3.04. The van der Waals surface area contributed by atoms with Gasteiger partial charge in [0, 0.05) is 44.1 Å². The number of amides is 2. The van der Waals surface area contributed by atoms with Crippen molar-refractivity contribution >= 4 is 39.1 Å². The van der Waals surface area contributed by atoms with E-state index in [1.807, 2.05) is 30.3 Å². The summed E-state index contributed by atoms with van der Waals surface area (Å²) in [4.78, 5) is 28.0. The lowest BCUT2D eigenvalue weighted by Crippen LogP contribution is -2.49. The van der Waals surface area contributed by atoms with E-state index < -0.39 is 33.6 Å². The van der Waals surface area contributed by atoms with Gasteiger partial charge in [0.1, 0.15) is 6.04 Å². The lowest BCUT2D eigenvalue weighted by Gasteiger charge is -2.32. The summed E-state index contributed by atoms with van der Waals surface area (Å²) in [5.41, 5.74) is 1.45. The molecule has 0 aliphatic rings. The largest absolute Gasteiger partial charge is 0.357 e. The number of sulfonamides is 1. The topological polar surface area (TPSA) is 86.8 Å². The molecule has 0 bridgehead atoms. The Hall–Kier alpha value is -3.50. The molecule has 0 aliphatic carbocycles. The van der Waals surface area contributed by atoms with Gasteiger partial charge in [-0.25, -0.2) is 17.2 Å². The zero-order valence-corrected chi connectivity index (χ0v) is 23.2. The number of likely N-dealkylation sites (N-methyl/N-ethyl adjacent to an activating group) is 1. The Balaban J connectivity index is 1.86. The maximum absolute atomic E-state index is 13.8. The quantitative estimate of drug-likeness (QED) is 0.342. The summed E-state index contributed by atoms with van der Waals surface area (Å²) < 4.78 is 52.9. The molecule has 0 aliphatic heterocycles. The third-order valence-corrected chi connectivity index (χ3v) is 7.72. The fourth-order valence-corrected chi connectivity index (χ4v) is 5.33. The van der Waals surface area contributed by atoms with Crippen LogP contribution in [-0.4, -0.2) is 51.0 Å². The van der Waals surface area contributed by atoms with Crippen molar-refractivity contribution in [3.63, 3.8) is 0 Å². The molecule has 3 aromatic carbocycles. The summed E-state index contributed by atoms with van der Waals surface area (Å²) in [6.07, 6.45) is 1.15. The minimum absolute atomic E-state index is 0.0518. The van der Waals surface area contributed by atoms with Gasteiger partial charge in [-0.05, 0) is 35.7 Å². The van der Waals surface area contributed by atoms with Crippen molar-refractivity contribution in [3.05, 3.63) is 101 Å². The Kier molecular flexibility index (Phi) is 10.4. The molecule has 208 valence electrons. The summed E-state index contributed by atoms with van der Waals surface area (Å²) >= 11 is 6.37. The first kappa shape index (κ1) is 30.0. The molecular formula is C28H30ClF2N3O4S. The predicted molar refractivity (Wildman–Crippen MR) is 148 cm³/mol.